The van der Waals surface area contributed by atoms with Gasteiger partial charge in [0.25, 0.3) is 5.89 Å². The van der Waals surface area contributed by atoms with E-state index in [9.17, 15) is 4.79 Å². The lowest BCUT2D eigenvalue weighted by Crippen LogP contribution is -2.38. The molecule has 0 radical (unpaired) electrons. The van der Waals surface area contributed by atoms with Crippen LogP contribution in [-0.2, 0) is 11.3 Å². The molecule has 2 aromatic heterocycles. The Morgan fingerprint density at radius 2 is 2.50 bits per heavy atom. The molecule has 6 nitrogen and oxygen atoms in total. The Labute approximate surface area is 120 Å². The monoisotopic (exact) mass is 293 g/mol. The highest BCUT2D eigenvalue weighted by atomic mass is 32.1. The van der Waals surface area contributed by atoms with Crippen molar-refractivity contribution in [2.45, 2.75) is 19.4 Å². The van der Waals surface area contributed by atoms with E-state index in [1.807, 2.05) is 16.8 Å². The van der Waals surface area contributed by atoms with E-state index in [-0.39, 0.29) is 5.92 Å². The number of carboxylic acids is 1. The summed E-state index contributed by atoms with van der Waals surface area (Å²) in [6.07, 6.45) is 1.64. The number of aromatic nitrogens is 2. The number of piperidine rings is 1. The Bertz CT molecular complexity index is 581. The summed E-state index contributed by atoms with van der Waals surface area (Å²) in [5, 5.41) is 17.0. The van der Waals surface area contributed by atoms with E-state index >= 15 is 0 Å². The predicted octanol–water partition coefficient (Wildman–Crippen LogP) is 2.09. The van der Waals surface area contributed by atoms with Crippen molar-refractivity contribution in [2.75, 3.05) is 13.1 Å². The molecule has 1 atom stereocenters. The third-order valence-electron chi connectivity index (χ3n) is 3.46. The largest absolute Gasteiger partial charge is 0.481 e. The summed E-state index contributed by atoms with van der Waals surface area (Å²) in [6, 6.07) is 1.93. The van der Waals surface area contributed by atoms with Gasteiger partial charge >= 0.3 is 5.97 Å². The molecule has 2 aromatic rings. The quantitative estimate of drug-likeness (QED) is 0.930. The van der Waals surface area contributed by atoms with Gasteiger partial charge in [-0.2, -0.15) is 16.3 Å². The van der Waals surface area contributed by atoms with Crippen molar-refractivity contribution in [1.29, 1.82) is 0 Å². The maximum atomic E-state index is 11.0. The van der Waals surface area contributed by atoms with Crippen LogP contribution in [0.15, 0.2) is 21.3 Å². The van der Waals surface area contributed by atoms with E-state index in [2.05, 4.69) is 15.0 Å². The summed E-state index contributed by atoms with van der Waals surface area (Å²) < 4.78 is 5.23. The molecule has 1 N–H and O–H groups in total. The second-order valence-electron chi connectivity index (χ2n) is 4.94. The van der Waals surface area contributed by atoms with Crippen molar-refractivity contribution >= 4 is 17.3 Å². The summed E-state index contributed by atoms with van der Waals surface area (Å²) in [7, 11) is 0. The maximum absolute atomic E-state index is 11.0. The number of carbonyl (C=O) groups is 1. The van der Waals surface area contributed by atoms with Crippen molar-refractivity contribution in [3.63, 3.8) is 0 Å². The van der Waals surface area contributed by atoms with Crippen molar-refractivity contribution < 1.29 is 14.4 Å². The van der Waals surface area contributed by atoms with Crippen LogP contribution in [0.3, 0.4) is 0 Å². The topological polar surface area (TPSA) is 79.5 Å². The van der Waals surface area contributed by atoms with Gasteiger partial charge in [-0.15, -0.1) is 0 Å². The highest BCUT2D eigenvalue weighted by Gasteiger charge is 2.26. The van der Waals surface area contributed by atoms with Gasteiger partial charge in [-0.25, -0.2) is 0 Å². The molecule has 0 amide bonds. The molecule has 0 spiro atoms. The van der Waals surface area contributed by atoms with Crippen molar-refractivity contribution in [3.05, 3.63) is 22.7 Å². The zero-order valence-electron chi connectivity index (χ0n) is 10.9. The minimum absolute atomic E-state index is 0.285. The summed E-state index contributed by atoms with van der Waals surface area (Å²) >= 11 is 1.58. The summed E-state index contributed by atoms with van der Waals surface area (Å²) in [5.74, 6) is 0.124. The van der Waals surface area contributed by atoms with E-state index in [0.717, 1.165) is 24.9 Å². The van der Waals surface area contributed by atoms with Crippen LogP contribution in [0.1, 0.15) is 18.7 Å². The molecule has 7 heteroatoms. The molecule has 3 heterocycles. The molecule has 3 rings (SSSR count). The van der Waals surface area contributed by atoms with E-state index in [1.54, 1.807) is 11.3 Å². The van der Waals surface area contributed by atoms with Crippen LogP contribution >= 0.6 is 11.3 Å². The molecule has 1 fully saturated rings. The number of aliphatic carboxylic acids is 1. The van der Waals surface area contributed by atoms with Crippen LogP contribution in [0.25, 0.3) is 11.5 Å². The van der Waals surface area contributed by atoms with Gasteiger partial charge in [-0.3, -0.25) is 9.69 Å². The smallest absolute Gasteiger partial charge is 0.307 e. The molecular formula is C13H15N3O3S. The molecule has 1 aliphatic heterocycles. The van der Waals surface area contributed by atoms with Gasteiger partial charge in [0.2, 0.25) is 0 Å². The molecule has 0 aliphatic carbocycles. The zero-order valence-corrected chi connectivity index (χ0v) is 11.7. The molecule has 1 unspecified atom stereocenters. The second kappa shape index (κ2) is 5.72. The molecule has 0 aromatic carbocycles. The lowest BCUT2D eigenvalue weighted by Gasteiger charge is -2.29. The molecule has 106 valence electrons. The Morgan fingerprint density at radius 3 is 3.25 bits per heavy atom. The van der Waals surface area contributed by atoms with Gasteiger partial charge in [-0.1, -0.05) is 5.16 Å². The van der Waals surface area contributed by atoms with Crippen LogP contribution in [0, 0.1) is 5.92 Å². The van der Waals surface area contributed by atoms with E-state index in [0.29, 0.717) is 24.8 Å². The maximum Gasteiger partial charge on any atom is 0.307 e. The first kappa shape index (κ1) is 13.3. The molecular weight excluding hydrogens is 278 g/mol. The summed E-state index contributed by atoms with van der Waals surface area (Å²) in [4.78, 5) is 17.5. The number of nitrogens with zero attached hydrogens (tertiary/aromatic N) is 3. The van der Waals surface area contributed by atoms with Gasteiger partial charge < -0.3 is 9.63 Å². The van der Waals surface area contributed by atoms with Gasteiger partial charge in [0.15, 0.2) is 5.82 Å². The normalized spacial score (nSPS) is 20.1. The number of thiophene rings is 1. The van der Waals surface area contributed by atoms with Crippen LogP contribution in [0.5, 0.6) is 0 Å². The predicted molar refractivity (Wildman–Crippen MR) is 73.2 cm³/mol. The number of carboxylic acid groups (broad SMARTS) is 1. The second-order valence-corrected chi connectivity index (χ2v) is 5.72. The molecule has 1 saturated heterocycles. The summed E-state index contributed by atoms with van der Waals surface area (Å²) in [5.41, 5.74) is 0.927. The lowest BCUT2D eigenvalue weighted by atomic mass is 9.98. The Balaban J connectivity index is 1.64. The average molecular weight is 293 g/mol. The molecule has 0 saturated carbocycles. The van der Waals surface area contributed by atoms with Crippen molar-refractivity contribution in [3.8, 4) is 11.5 Å². The highest BCUT2D eigenvalue weighted by Crippen LogP contribution is 2.21. The third-order valence-corrected chi connectivity index (χ3v) is 4.14. The fourth-order valence-electron chi connectivity index (χ4n) is 2.42. The zero-order chi connectivity index (χ0) is 13.9. The van der Waals surface area contributed by atoms with E-state index in [1.165, 1.54) is 0 Å². The van der Waals surface area contributed by atoms with Gasteiger partial charge in [0.05, 0.1) is 18.0 Å². The Hall–Kier alpha value is -1.73. The van der Waals surface area contributed by atoms with Crippen molar-refractivity contribution in [2.24, 2.45) is 5.92 Å². The van der Waals surface area contributed by atoms with E-state index in [4.69, 9.17) is 9.63 Å². The number of hydrogen-bond acceptors (Lipinski definition) is 6. The Kier molecular flexibility index (Phi) is 3.79. The first-order valence-corrected chi connectivity index (χ1v) is 7.47. The van der Waals surface area contributed by atoms with Crippen LogP contribution in [0.4, 0.5) is 0 Å². The minimum Gasteiger partial charge on any atom is -0.481 e. The fraction of sp³-hybridized carbons (Fsp3) is 0.462. The number of likely N-dealkylation sites (tertiary alicyclic amines) is 1. The van der Waals surface area contributed by atoms with Crippen molar-refractivity contribution in [1.82, 2.24) is 15.0 Å². The van der Waals surface area contributed by atoms with Crippen LogP contribution in [-0.4, -0.2) is 39.2 Å². The minimum atomic E-state index is -0.721. The number of hydrogen-bond donors (Lipinski definition) is 1. The van der Waals surface area contributed by atoms with E-state index < -0.39 is 5.97 Å². The first-order valence-electron chi connectivity index (χ1n) is 6.52. The van der Waals surface area contributed by atoms with Crippen LogP contribution in [0.2, 0.25) is 0 Å². The van der Waals surface area contributed by atoms with Gasteiger partial charge in [0, 0.05) is 11.9 Å². The fourth-order valence-corrected chi connectivity index (χ4v) is 3.05. The molecule has 20 heavy (non-hydrogen) atoms. The third kappa shape index (κ3) is 2.88. The SMILES string of the molecule is O=C(O)C1CCCN(Cc2noc(-c3ccsc3)n2)C1. The lowest BCUT2D eigenvalue weighted by molar-refractivity contribution is -0.143. The first-order chi connectivity index (χ1) is 9.72. The molecule has 1 aliphatic rings. The van der Waals surface area contributed by atoms with Gasteiger partial charge in [0.1, 0.15) is 0 Å². The number of rotatable bonds is 4. The van der Waals surface area contributed by atoms with Gasteiger partial charge in [-0.05, 0) is 30.8 Å². The summed E-state index contributed by atoms with van der Waals surface area (Å²) in [6.45, 7) is 1.97. The Morgan fingerprint density at radius 1 is 1.60 bits per heavy atom. The van der Waals surface area contributed by atoms with Crippen LogP contribution < -0.4 is 0 Å². The highest BCUT2D eigenvalue weighted by molar-refractivity contribution is 7.08. The average Bonchev–Trinajstić information content (AvgIpc) is 3.09. The molecule has 0 bridgehead atoms. The standard InChI is InChI=1S/C13H15N3O3S/c17-13(18)9-2-1-4-16(6-9)7-11-14-12(19-15-11)10-3-5-20-8-10/h3,5,8-9H,1-2,4,6-7H2,(H,17,18).